The number of aromatic nitrogens is 3. The number of carbonyl (C=O) groups excluding carboxylic acids is 2. The molecule has 286 valence electrons. The number of imidazole rings is 1. The quantitative estimate of drug-likeness (QED) is 0.0616. The van der Waals surface area contributed by atoms with Crippen LogP contribution >= 0.6 is 0 Å². The van der Waals surface area contributed by atoms with Gasteiger partial charge in [-0.3, -0.25) is 4.79 Å². The van der Waals surface area contributed by atoms with E-state index < -0.39 is 48.7 Å². The first kappa shape index (κ1) is 38.9. The van der Waals surface area contributed by atoms with Crippen molar-refractivity contribution in [3.8, 4) is 0 Å². The molecule has 0 spiro atoms. The highest BCUT2D eigenvalue weighted by atomic mass is 16.6. The van der Waals surface area contributed by atoms with E-state index in [1.807, 2.05) is 98.0 Å². The van der Waals surface area contributed by atoms with Crippen molar-refractivity contribution >= 4 is 22.8 Å². The van der Waals surface area contributed by atoms with Crippen LogP contribution < -0.4 is 5.32 Å². The summed E-state index contributed by atoms with van der Waals surface area (Å²) in [5, 5.41) is 16.2. The van der Waals surface area contributed by atoms with Gasteiger partial charge in [-0.15, -0.1) is 0 Å². The number of aromatic amines is 2. The van der Waals surface area contributed by atoms with Crippen molar-refractivity contribution in [3.63, 3.8) is 0 Å². The van der Waals surface area contributed by atoms with Crippen LogP contribution in [-0.4, -0.2) is 81.7 Å². The first-order chi connectivity index (χ1) is 26.3. The van der Waals surface area contributed by atoms with E-state index in [1.165, 1.54) is 6.92 Å². The Kier molecular flexibility index (Phi) is 13.6. The maximum atomic E-state index is 13.8. The number of aryl methyl sites for hydroxylation is 1. The van der Waals surface area contributed by atoms with Gasteiger partial charge in [0, 0.05) is 48.9 Å². The van der Waals surface area contributed by atoms with Gasteiger partial charge < -0.3 is 44.1 Å². The summed E-state index contributed by atoms with van der Waals surface area (Å²) in [6.07, 6.45) is -1.08. The monoisotopic (exact) mass is 738 g/mol. The van der Waals surface area contributed by atoms with Crippen molar-refractivity contribution in [1.82, 2.24) is 20.3 Å². The number of para-hydroxylation sites is 1. The van der Waals surface area contributed by atoms with Gasteiger partial charge in [0.15, 0.2) is 6.10 Å². The summed E-state index contributed by atoms with van der Waals surface area (Å²) in [5.74, 6) is -0.768. The van der Waals surface area contributed by atoms with Gasteiger partial charge in [-0.25, -0.2) is 9.78 Å². The van der Waals surface area contributed by atoms with E-state index >= 15 is 0 Å². The van der Waals surface area contributed by atoms with E-state index in [2.05, 4.69) is 20.3 Å². The van der Waals surface area contributed by atoms with Crippen LogP contribution in [0, 0.1) is 6.92 Å². The van der Waals surface area contributed by atoms with E-state index in [0.717, 1.165) is 40.4 Å². The van der Waals surface area contributed by atoms with Crippen LogP contribution in [0.15, 0.2) is 97.3 Å². The van der Waals surface area contributed by atoms with Gasteiger partial charge in [-0.1, -0.05) is 78.9 Å². The fraction of sp³-hybridized carbons (Fsp3) is 0.405. The number of esters is 1. The van der Waals surface area contributed by atoms with Crippen molar-refractivity contribution in [2.24, 2.45) is 0 Å². The molecule has 6 rings (SSSR count). The lowest BCUT2D eigenvalue weighted by Crippen LogP contribution is -2.67. The Morgan fingerprint density at radius 1 is 0.778 bits per heavy atom. The third-order valence-electron chi connectivity index (χ3n) is 9.61. The summed E-state index contributed by atoms with van der Waals surface area (Å²) in [5.41, 5.74) is 4.26. The first-order valence-electron chi connectivity index (χ1n) is 18.6. The molecular formula is C42H50N4O8. The molecule has 1 aliphatic rings. The molecule has 12 nitrogen and oxygen atoms in total. The Morgan fingerprint density at radius 3 is 2.07 bits per heavy atom. The normalized spacial score (nSPS) is 21.9. The molecule has 0 radical (unpaired) electrons. The second-order valence-electron chi connectivity index (χ2n) is 13.7. The molecule has 1 fully saturated rings. The molecule has 2 aromatic heterocycles. The van der Waals surface area contributed by atoms with Crippen molar-refractivity contribution in [2.75, 3.05) is 13.2 Å². The standard InChI is InChI=1S/C42H50N4O8/c1-27-23-45-41(46-27)42(49)54-40-37(53-28(2)33-24-44-34-20-12-11-19-32(33)34)35(48)36(50-22-14-6-13-21-43-29(3)47)38(51-25-30-15-7-4-8-16-30)39(40)52-26-31-17-9-5-10-18-31/h4-5,7-12,15-20,23-24,28,35-40,44,48H,6,13-14,21-22,25-26H2,1-3H3,(H,43,47)(H,45,46). The zero-order chi connectivity index (χ0) is 37.9. The number of rotatable bonds is 18. The van der Waals surface area contributed by atoms with Gasteiger partial charge >= 0.3 is 5.97 Å². The Hall–Kier alpha value is -4.85. The molecule has 0 saturated heterocycles. The number of H-pyrrole nitrogens is 2. The number of unbranched alkanes of at least 4 members (excludes halogenated alkanes) is 2. The van der Waals surface area contributed by atoms with E-state index in [9.17, 15) is 14.7 Å². The average Bonchev–Trinajstić information content (AvgIpc) is 3.82. The summed E-state index contributed by atoms with van der Waals surface area (Å²) < 4.78 is 32.9. The fourth-order valence-corrected chi connectivity index (χ4v) is 6.86. The molecule has 3 aromatic carbocycles. The van der Waals surface area contributed by atoms with Crippen LogP contribution in [0.25, 0.3) is 10.9 Å². The molecule has 2 heterocycles. The van der Waals surface area contributed by atoms with Crippen LogP contribution in [0.5, 0.6) is 0 Å². The van der Waals surface area contributed by atoms with E-state index in [-0.39, 0.29) is 24.9 Å². The molecule has 5 aromatic rings. The average molecular weight is 739 g/mol. The number of hydrogen-bond donors (Lipinski definition) is 4. The zero-order valence-electron chi connectivity index (χ0n) is 31.0. The third-order valence-corrected chi connectivity index (χ3v) is 9.61. The molecule has 1 aliphatic carbocycles. The van der Waals surface area contributed by atoms with Crippen molar-refractivity contribution in [3.05, 3.63) is 126 Å². The third kappa shape index (κ3) is 10.0. The predicted molar refractivity (Wildman–Crippen MR) is 202 cm³/mol. The van der Waals surface area contributed by atoms with E-state index in [0.29, 0.717) is 25.3 Å². The highest BCUT2D eigenvalue weighted by Gasteiger charge is 2.55. The SMILES string of the molecule is CC(=O)NCCCCCOC1C(O)C(OC(C)c2c[nH]c3ccccc23)C(OC(=O)c2nc(C)c[nH]2)C(OCc2ccccc2)C1OCc1ccccc1. The van der Waals surface area contributed by atoms with Crippen molar-refractivity contribution in [2.45, 2.75) is 96.0 Å². The second kappa shape index (κ2) is 19.0. The Balaban J connectivity index is 1.35. The predicted octanol–water partition coefficient (Wildman–Crippen LogP) is 6.11. The molecule has 7 atom stereocenters. The molecule has 0 aliphatic heterocycles. The molecule has 1 amide bonds. The van der Waals surface area contributed by atoms with Crippen LogP contribution in [-0.2, 0) is 41.7 Å². The number of nitrogens with zero attached hydrogens (tertiary/aromatic N) is 1. The highest BCUT2D eigenvalue weighted by Crippen LogP contribution is 2.37. The van der Waals surface area contributed by atoms with E-state index in [4.69, 9.17) is 23.7 Å². The summed E-state index contributed by atoms with van der Waals surface area (Å²) in [7, 11) is 0. The molecule has 0 bridgehead atoms. The summed E-state index contributed by atoms with van der Waals surface area (Å²) in [6, 6.07) is 27.3. The zero-order valence-corrected chi connectivity index (χ0v) is 31.0. The van der Waals surface area contributed by atoms with Crippen LogP contribution in [0.4, 0.5) is 0 Å². The van der Waals surface area contributed by atoms with Gasteiger partial charge in [0.05, 0.1) is 25.0 Å². The molecule has 7 unspecified atom stereocenters. The molecular weight excluding hydrogens is 688 g/mol. The summed E-state index contributed by atoms with van der Waals surface area (Å²) in [6.45, 7) is 6.41. The van der Waals surface area contributed by atoms with Crippen molar-refractivity contribution < 1.29 is 38.4 Å². The van der Waals surface area contributed by atoms with Crippen LogP contribution in [0.1, 0.15) is 72.2 Å². The van der Waals surface area contributed by atoms with Crippen LogP contribution in [0.2, 0.25) is 0 Å². The summed E-state index contributed by atoms with van der Waals surface area (Å²) >= 11 is 0. The minimum atomic E-state index is -1.30. The second-order valence-corrected chi connectivity index (χ2v) is 13.7. The van der Waals surface area contributed by atoms with Gasteiger partial charge in [-0.2, -0.15) is 0 Å². The minimum absolute atomic E-state index is 0.0200. The smallest absolute Gasteiger partial charge is 0.374 e. The van der Waals surface area contributed by atoms with Gasteiger partial charge in [-0.05, 0) is 50.3 Å². The van der Waals surface area contributed by atoms with Gasteiger partial charge in [0.25, 0.3) is 0 Å². The summed E-state index contributed by atoms with van der Waals surface area (Å²) in [4.78, 5) is 35.6. The number of aliphatic hydroxyl groups is 1. The number of benzene rings is 3. The lowest BCUT2D eigenvalue weighted by molar-refractivity contribution is -0.275. The number of carbonyl (C=O) groups is 2. The highest BCUT2D eigenvalue weighted by molar-refractivity contribution is 5.85. The fourth-order valence-electron chi connectivity index (χ4n) is 6.86. The Bertz CT molecular complexity index is 1920. The minimum Gasteiger partial charge on any atom is -0.451 e. The lowest BCUT2D eigenvalue weighted by Gasteiger charge is -2.48. The maximum Gasteiger partial charge on any atom is 0.374 e. The maximum absolute atomic E-state index is 13.8. The molecule has 1 saturated carbocycles. The molecule has 54 heavy (non-hydrogen) atoms. The number of ether oxygens (including phenoxy) is 5. The van der Waals surface area contributed by atoms with Crippen LogP contribution in [0.3, 0.4) is 0 Å². The molecule has 4 N–H and O–H groups in total. The van der Waals surface area contributed by atoms with Gasteiger partial charge in [0.2, 0.25) is 11.7 Å². The van der Waals surface area contributed by atoms with Gasteiger partial charge in [0.1, 0.15) is 30.5 Å². The lowest BCUT2D eigenvalue weighted by atomic mass is 9.83. The largest absolute Gasteiger partial charge is 0.451 e. The number of nitrogens with one attached hydrogen (secondary N) is 3. The first-order valence-corrected chi connectivity index (χ1v) is 18.6. The molecule has 12 heteroatoms. The van der Waals surface area contributed by atoms with Crippen molar-refractivity contribution in [1.29, 1.82) is 0 Å². The number of hydrogen-bond acceptors (Lipinski definition) is 9. The Morgan fingerprint density at radius 2 is 1.43 bits per heavy atom. The number of amides is 1. The number of fused-ring (bicyclic) bond motifs is 1. The topological polar surface area (TPSA) is 157 Å². The number of aliphatic hydroxyl groups excluding tert-OH is 1. The Labute approximate surface area is 315 Å². The van der Waals surface area contributed by atoms with E-state index in [1.54, 1.807) is 13.1 Å².